The van der Waals surface area contributed by atoms with Gasteiger partial charge in [-0.15, -0.1) is 0 Å². The van der Waals surface area contributed by atoms with E-state index in [1.165, 1.54) is 11.1 Å². The average molecular weight is 256 g/mol. The summed E-state index contributed by atoms with van der Waals surface area (Å²) in [5.41, 5.74) is 0.999. The van der Waals surface area contributed by atoms with Crippen molar-refractivity contribution >= 4 is 0 Å². The standard InChI is InChI=1S/C16H20N2O/c1-18-8-6-16(19,7-9-18)15(12-17)10-13-4-2-3-5-14(13)11-15/h2-5,19H,6-11H2,1H3. The molecule has 2 aliphatic rings. The van der Waals surface area contributed by atoms with Crippen LogP contribution in [0.2, 0.25) is 0 Å². The van der Waals surface area contributed by atoms with Crippen LogP contribution in [-0.4, -0.2) is 35.7 Å². The van der Waals surface area contributed by atoms with Crippen molar-refractivity contribution in [1.82, 2.24) is 4.90 Å². The fraction of sp³-hybridized carbons (Fsp3) is 0.562. The Bertz CT molecular complexity index is 499. The topological polar surface area (TPSA) is 47.3 Å². The lowest BCUT2D eigenvalue weighted by Crippen LogP contribution is -2.54. The van der Waals surface area contributed by atoms with E-state index in [9.17, 15) is 10.4 Å². The van der Waals surface area contributed by atoms with Gasteiger partial charge in [-0.3, -0.25) is 0 Å². The highest BCUT2D eigenvalue weighted by Gasteiger charge is 2.54. The van der Waals surface area contributed by atoms with Crippen molar-refractivity contribution in [2.45, 2.75) is 31.3 Å². The number of nitriles is 1. The molecule has 1 saturated heterocycles. The molecule has 0 radical (unpaired) electrons. The molecule has 100 valence electrons. The van der Waals surface area contributed by atoms with E-state index in [1.807, 2.05) is 12.1 Å². The third-order valence-corrected chi connectivity index (χ3v) is 5.02. The van der Waals surface area contributed by atoms with Gasteiger partial charge in [-0.05, 0) is 43.9 Å². The summed E-state index contributed by atoms with van der Waals surface area (Å²) in [4.78, 5) is 2.22. The molecule has 1 N–H and O–H groups in total. The van der Waals surface area contributed by atoms with Crippen molar-refractivity contribution < 1.29 is 5.11 Å². The van der Waals surface area contributed by atoms with Crippen molar-refractivity contribution in [3.8, 4) is 6.07 Å². The first-order chi connectivity index (χ1) is 9.09. The highest BCUT2D eigenvalue weighted by molar-refractivity contribution is 5.39. The second-order valence-electron chi connectivity index (χ2n) is 6.15. The monoisotopic (exact) mass is 256 g/mol. The molecule has 1 aromatic rings. The van der Waals surface area contributed by atoms with E-state index in [4.69, 9.17) is 0 Å². The number of fused-ring (bicyclic) bond motifs is 1. The second-order valence-corrected chi connectivity index (χ2v) is 6.15. The summed E-state index contributed by atoms with van der Waals surface area (Å²) in [6.07, 6.45) is 2.79. The number of aliphatic hydroxyl groups is 1. The van der Waals surface area contributed by atoms with Crippen molar-refractivity contribution in [2.24, 2.45) is 5.41 Å². The largest absolute Gasteiger partial charge is 0.388 e. The molecule has 1 aliphatic heterocycles. The molecule has 1 aromatic carbocycles. The summed E-state index contributed by atoms with van der Waals surface area (Å²) in [6.45, 7) is 1.74. The summed E-state index contributed by atoms with van der Waals surface area (Å²) < 4.78 is 0. The Balaban J connectivity index is 1.93. The summed E-state index contributed by atoms with van der Waals surface area (Å²) in [5, 5.41) is 20.8. The number of hydrogen-bond donors (Lipinski definition) is 1. The Kier molecular flexibility index (Phi) is 2.88. The Morgan fingerprint density at radius 2 is 1.68 bits per heavy atom. The maximum atomic E-state index is 11.1. The molecule has 3 nitrogen and oxygen atoms in total. The van der Waals surface area contributed by atoms with Gasteiger partial charge in [0.2, 0.25) is 0 Å². The van der Waals surface area contributed by atoms with E-state index >= 15 is 0 Å². The molecular weight excluding hydrogens is 236 g/mol. The lowest BCUT2D eigenvalue weighted by atomic mass is 9.66. The molecule has 1 aliphatic carbocycles. The van der Waals surface area contributed by atoms with Gasteiger partial charge in [0.05, 0.1) is 17.1 Å². The Morgan fingerprint density at radius 3 is 2.16 bits per heavy atom. The third-order valence-electron chi connectivity index (χ3n) is 5.02. The average Bonchev–Trinajstić information content (AvgIpc) is 2.83. The van der Waals surface area contributed by atoms with E-state index in [2.05, 4.69) is 30.1 Å². The molecule has 19 heavy (non-hydrogen) atoms. The van der Waals surface area contributed by atoms with Gasteiger partial charge in [0.25, 0.3) is 0 Å². The molecule has 0 aromatic heterocycles. The van der Waals surface area contributed by atoms with E-state index in [0.29, 0.717) is 25.7 Å². The second kappa shape index (κ2) is 4.33. The molecule has 0 bridgehead atoms. The van der Waals surface area contributed by atoms with Gasteiger partial charge >= 0.3 is 0 Å². The minimum Gasteiger partial charge on any atom is -0.388 e. The summed E-state index contributed by atoms with van der Waals surface area (Å²) in [7, 11) is 2.07. The maximum absolute atomic E-state index is 11.1. The highest BCUT2D eigenvalue weighted by atomic mass is 16.3. The fourth-order valence-corrected chi connectivity index (χ4v) is 3.59. The van der Waals surface area contributed by atoms with Crippen LogP contribution >= 0.6 is 0 Å². The molecule has 3 heteroatoms. The molecule has 0 amide bonds. The van der Waals surface area contributed by atoms with Gasteiger partial charge in [-0.1, -0.05) is 24.3 Å². The van der Waals surface area contributed by atoms with Gasteiger partial charge in [-0.2, -0.15) is 5.26 Å². The van der Waals surface area contributed by atoms with Crippen molar-refractivity contribution in [1.29, 1.82) is 5.26 Å². The zero-order chi connectivity index (χ0) is 13.5. The van der Waals surface area contributed by atoms with Gasteiger partial charge < -0.3 is 10.0 Å². The van der Waals surface area contributed by atoms with Gasteiger partial charge in [0.1, 0.15) is 0 Å². The molecule has 3 rings (SSSR count). The summed E-state index contributed by atoms with van der Waals surface area (Å²) >= 11 is 0. The van der Waals surface area contributed by atoms with Gasteiger partial charge in [0, 0.05) is 13.1 Å². The first kappa shape index (κ1) is 12.7. The van der Waals surface area contributed by atoms with Crippen LogP contribution in [-0.2, 0) is 12.8 Å². The van der Waals surface area contributed by atoms with Crippen molar-refractivity contribution in [2.75, 3.05) is 20.1 Å². The molecular formula is C16H20N2O. The minimum absolute atomic E-state index is 0.627. The van der Waals surface area contributed by atoms with Crippen molar-refractivity contribution in [3.05, 3.63) is 35.4 Å². The van der Waals surface area contributed by atoms with Crippen LogP contribution in [0.1, 0.15) is 24.0 Å². The first-order valence-electron chi connectivity index (χ1n) is 6.98. The summed E-state index contributed by atoms with van der Waals surface area (Å²) in [6, 6.07) is 10.7. The number of piperidine rings is 1. The van der Waals surface area contributed by atoms with E-state index in [-0.39, 0.29) is 0 Å². The minimum atomic E-state index is -0.840. The molecule has 1 fully saturated rings. The number of hydrogen-bond acceptors (Lipinski definition) is 3. The lowest BCUT2D eigenvalue weighted by molar-refractivity contribution is -0.0904. The van der Waals surface area contributed by atoms with Crippen LogP contribution in [0.5, 0.6) is 0 Å². The van der Waals surface area contributed by atoms with Crippen LogP contribution in [0.4, 0.5) is 0 Å². The Morgan fingerprint density at radius 1 is 1.16 bits per heavy atom. The van der Waals surface area contributed by atoms with Crippen LogP contribution in [0.15, 0.2) is 24.3 Å². The molecule has 0 atom stereocenters. The number of rotatable bonds is 1. The number of nitrogens with zero attached hydrogens (tertiary/aromatic N) is 2. The molecule has 1 heterocycles. The smallest absolute Gasteiger partial charge is 0.0941 e. The fourth-order valence-electron chi connectivity index (χ4n) is 3.59. The van der Waals surface area contributed by atoms with Crippen LogP contribution < -0.4 is 0 Å². The Hall–Kier alpha value is -1.37. The lowest BCUT2D eigenvalue weighted by Gasteiger charge is -2.45. The summed E-state index contributed by atoms with van der Waals surface area (Å²) in [5.74, 6) is 0. The van der Waals surface area contributed by atoms with E-state index in [1.54, 1.807) is 0 Å². The highest BCUT2D eigenvalue weighted by Crippen LogP contribution is 2.48. The molecule has 0 saturated carbocycles. The first-order valence-corrected chi connectivity index (χ1v) is 6.98. The molecule has 0 unspecified atom stereocenters. The maximum Gasteiger partial charge on any atom is 0.0941 e. The van der Waals surface area contributed by atoms with E-state index in [0.717, 1.165) is 13.1 Å². The van der Waals surface area contributed by atoms with Gasteiger partial charge in [0.15, 0.2) is 0 Å². The molecule has 0 spiro atoms. The zero-order valence-electron chi connectivity index (χ0n) is 11.4. The third kappa shape index (κ3) is 1.87. The normalized spacial score (nSPS) is 24.7. The van der Waals surface area contributed by atoms with Gasteiger partial charge in [-0.25, -0.2) is 0 Å². The Labute approximate surface area is 114 Å². The SMILES string of the molecule is CN1CCC(O)(C2(C#N)Cc3ccccc3C2)CC1. The van der Waals surface area contributed by atoms with Crippen LogP contribution in [0, 0.1) is 16.7 Å². The van der Waals surface area contributed by atoms with Crippen molar-refractivity contribution in [3.63, 3.8) is 0 Å². The zero-order valence-corrected chi connectivity index (χ0v) is 11.4. The predicted molar refractivity (Wildman–Crippen MR) is 73.6 cm³/mol. The quantitative estimate of drug-likeness (QED) is 0.832. The van der Waals surface area contributed by atoms with E-state index < -0.39 is 11.0 Å². The van der Waals surface area contributed by atoms with Crippen LogP contribution in [0.25, 0.3) is 0 Å². The number of benzene rings is 1. The number of likely N-dealkylation sites (tertiary alicyclic amines) is 1. The van der Waals surface area contributed by atoms with Crippen LogP contribution in [0.3, 0.4) is 0 Å². The predicted octanol–water partition coefficient (Wildman–Crippen LogP) is 1.75.